The molecular weight excluding hydrogens is 368 g/mol. The summed E-state index contributed by atoms with van der Waals surface area (Å²) in [6, 6.07) is 8.87. The minimum Gasteiger partial charge on any atom is -0.477 e. The van der Waals surface area contributed by atoms with Crippen LogP contribution in [0.4, 0.5) is 0 Å². The number of carbonyl (C=O) groups is 1. The maximum Gasteiger partial charge on any atom is 0.288 e. The minimum atomic E-state index is -0.368. The van der Waals surface area contributed by atoms with Gasteiger partial charge in [-0.15, -0.1) is 0 Å². The highest BCUT2D eigenvalue weighted by molar-refractivity contribution is 6.30. The van der Waals surface area contributed by atoms with Gasteiger partial charge in [0.25, 0.3) is 5.91 Å². The number of amides is 1. The quantitative estimate of drug-likeness (QED) is 0.746. The molecule has 0 unspecified atom stereocenters. The summed E-state index contributed by atoms with van der Waals surface area (Å²) in [6.07, 6.45) is 6.57. The zero-order chi connectivity index (χ0) is 18.8. The lowest BCUT2D eigenvalue weighted by Gasteiger charge is -2.15. The second-order valence-electron chi connectivity index (χ2n) is 5.86. The Labute approximate surface area is 160 Å². The number of rotatable bonds is 4. The molecule has 136 valence electrons. The highest BCUT2D eigenvalue weighted by Crippen LogP contribution is 2.24. The fourth-order valence-corrected chi connectivity index (χ4v) is 2.66. The summed E-state index contributed by atoms with van der Waals surface area (Å²) in [5.41, 5.74) is 5.10. The number of hydrogen-bond acceptors (Lipinski definition) is 6. The van der Waals surface area contributed by atoms with Crippen molar-refractivity contribution in [2.24, 2.45) is 7.05 Å². The van der Waals surface area contributed by atoms with Gasteiger partial charge in [0.1, 0.15) is 12.0 Å². The van der Waals surface area contributed by atoms with E-state index in [4.69, 9.17) is 16.3 Å². The number of halogens is 1. The van der Waals surface area contributed by atoms with Gasteiger partial charge in [0, 0.05) is 23.8 Å². The van der Waals surface area contributed by atoms with Gasteiger partial charge in [-0.2, -0.15) is 5.10 Å². The average Bonchev–Trinajstić information content (AvgIpc) is 3.33. The number of hydrazine groups is 1. The van der Waals surface area contributed by atoms with Crippen LogP contribution in [0.2, 0.25) is 5.02 Å². The zero-order valence-electron chi connectivity index (χ0n) is 14.3. The van der Waals surface area contributed by atoms with Crippen molar-refractivity contribution < 1.29 is 9.53 Å². The van der Waals surface area contributed by atoms with Gasteiger partial charge in [0.2, 0.25) is 0 Å². The largest absolute Gasteiger partial charge is 0.477 e. The Hall–Kier alpha value is -3.39. The number of aromatic nitrogens is 4. The van der Waals surface area contributed by atoms with Crippen LogP contribution in [-0.2, 0) is 11.8 Å². The first kappa shape index (κ1) is 17.0. The molecule has 0 fully saturated rings. The van der Waals surface area contributed by atoms with Crippen molar-refractivity contribution in [1.82, 2.24) is 30.2 Å². The molecule has 4 rings (SSSR count). The molecule has 0 atom stereocenters. The average molecular weight is 383 g/mol. The van der Waals surface area contributed by atoms with E-state index in [1.807, 2.05) is 12.1 Å². The van der Waals surface area contributed by atoms with Crippen LogP contribution in [0.5, 0.6) is 0 Å². The van der Waals surface area contributed by atoms with Gasteiger partial charge >= 0.3 is 0 Å². The predicted molar refractivity (Wildman–Crippen MR) is 99.1 cm³/mol. The normalized spacial score (nSPS) is 12.9. The molecule has 1 aliphatic heterocycles. The molecule has 0 radical (unpaired) electrons. The lowest BCUT2D eigenvalue weighted by atomic mass is 10.1. The second-order valence-corrected chi connectivity index (χ2v) is 6.30. The molecule has 3 aromatic rings. The van der Waals surface area contributed by atoms with Crippen LogP contribution in [0.15, 0.2) is 55.2 Å². The van der Waals surface area contributed by atoms with E-state index in [9.17, 15) is 4.79 Å². The molecule has 27 heavy (non-hydrogen) atoms. The van der Waals surface area contributed by atoms with E-state index in [-0.39, 0.29) is 18.3 Å². The van der Waals surface area contributed by atoms with Crippen LogP contribution in [-0.4, -0.2) is 37.4 Å². The van der Waals surface area contributed by atoms with Gasteiger partial charge in [-0.05, 0) is 18.2 Å². The molecule has 0 spiro atoms. The molecule has 0 saturated carbocycles. The van der Waals surface area contributed by atoms with E-state index >= 15 is 0 Å². The van der Waals surface area contributed by atoms with Gasteiger partial charge in [-0.25, -0.2) is 9.97 Å². The summed E-state index contributed by atoms with van der Waals surface area (Å²) in [4.78, 5) is 21.7. The summed E-state index contributed by atoms with van der Waals surface area (Å²) in [5, 5.41) is 6.30. The van der Waals surface area contributed by atoms with Gasteiger partial charge < -0.3 is 4.74 Å². The predicted octanol–water partition coefficient (Wildman–Crippen LogP) is 2.60. The van der Waals surface area contributed by atoms with E-state index < -0.39 is 0 Å². The fraction of sp³-hybridized carbons (Fsp3) is 0.111. The summed E-state index contributed by atoms with van der Waals surface area (Å²) in [5.74, 6) is 0.0433. The molecule has 0 saturated heterocycles. The van der Waals surface area contributed by atoms with Crippen molar-refractivity contribution in [1.29, 1.82) is 0 Å². The van der Waals surface area contributed by atoms with E-state index in [2.05, 4.69) is 20.5 Å². The third kappa shape index (κ3) is 3.75. The topological polar surface area (TPSA) is 85.2 Å². The second kappa shape index (κ2) is 7.08. The number of benzene rings is 1. The summed E-state index contributed by atoms with van der Waals surface area (Å²) < 4.78 is 6.72. The standard InChI is InChI=1S/C18H15ClN6O2/c1-24-10-13(9-20-24)17-21-15(12-2-4-14(19)5-3-12)8-16(22-17)18(26)23-25-6-7-27-11-25/h2-10H,11H2,1H3,(H,23,26). The Kier molecular flexibility index (Phi) is 4.47. The van der Waals surface area contributed by atoms with Crippen LogP contribution in [0.1, 0.15) is 10.5 Å². The van der Waals surface area contributed by atoms with Crippen molar-refractivity contribution in [2.75, 3.05) is 6.73 Å². The molecule has 9 heteroatoms. The number of carbonyl (C=O) groups excluding carboxylic acids is 1. The lowest BCUT2D eigenvalue weighted by molar-refractivity contribution is 0.0747. The van der Waals surface area contributed by atoms with Crippen molar-refractivity contribution in [3.05, 3.63) is 65.9 Å². The number of nitrogens with zero attached hydrogens (tertiary/aromatic N) is 5. The number of ether oxygens (including phenoxy) is 1. The highest BCUT2D eigenvalue weighted by Gasteiger charge is 2.17. The fourth-order valence-electron chi connectivity index (χ4n) is 2.54. The molecule has 1 aromatic carbocycles. The Balaban J connectivity index is 1.75. The molecule has 1 aliphatic rings. The Morgan fingerprint density at radius 3 is 2.70 bits per heavy atom. The monoisotopic (exact) mass is 382 g/mol. The Bertz CT molecular complexity index is 1010. The van der Waals surface area contributed by atoms with Gasteiger partial charge in [-0.3, -0.25) is 19.9 Å². The third-order valence-electron chi connectivity index (χ3n) is 3.86. The van der Waals surface area contributed by atoms with E-state index in [0.717, 1.165) is 5.56 Å². The van der Waals surface area contributed by atoms with Crippen LogP contribution in [0.3, 0.4) is 0 Å². The van der Waals surface area contributed by atoms with Crippen LogP contribution < -0.4 is 5.43 Å². The van der Waals surface area contributed by atoms with Crippen molar-refractivity contribution in [2.45, 2.75) is 0 Å². The van der Waals surface area contributed by atoms with Gasteiger partial charge in [0.15, 0.2) is 12.6 Å². The maximum atomic E-state index is 12.7. The molecule has 1 amide bonds. The number of aryl methyl sites for hydroxylation is 1. The van der Waals surface area contributed by atoms with E-state index in [1.54, 1.807) is 48.5 Å². The first-order valence-electron chi connectivity index (χ1n) is 8.08. The molecule has 2 aromatic heterocycles. The smallest absolute Gasteiger partial charge is 0.288 e. The Morgan fingerprint density at radius 2 is 2.04 bits per heavy atom. The van der Waals surface area contributed by atoms with Crippen molar-refractivity contribution >= 4 is 17.5 Å². The zero-order valence-corrected chi connectivity index (χ0v) is 15.1. The lowest BCUT2D eigenvalue weighted by Crippen LogP contribution is -2.38. The highest BCUT2D eigenvalue weighted by atomic mass is 35.5. The SMILES string of the molecule is Cn1cc(-c2nc(C(=O)NN3C=COC3)cc(-c3ccc(Cl)cc3)n2)cn1. The van der Waals surface area contributed by atoms with Crippen LogP contribution in [0.25, 0.3) is 22.6 Å². The Morgan fingerprint density at radius 1 is 1.22 bits per heavy atom. The van der Waals surface area contributed by atoms with E-state index in [1.165, 1.54) is 11.3 Å². The minimum absolute atomic E-state index is 0.231. The number of hydrogen-bond donors (Lipinski definition) is 1. The summed E-state index contributed by atoms with van der Waals surface area (Å²) in [7, 11) is 1.81. The number of nitrogens with one attached hydrogen (secondary N) is 1. The third-order valence-corrected chi connectivity index (χ3v) is 4.11. The molecule has 1 N–H and O–H groups in total. The molecule has 8 nitrogen and oxygen atoms in total. The van der Waals surface area contributed by atoms with Gasteiger partial charge in [0.05, 0.1) is 23.7 Å². The maximum absolute atomic E-state index is 12.7. The van der Waals surface area contributed by atoms with Crippen LogP contribution >= 0.6 is 11.6 Å². The van der Waals surface area contributed by atoms with E-state index in [0.29, 0.717) is 22.1 Å². The summed E-state index contributed by atoms with van der Waals surface area (Å²) in [6.45, 7) is 0.246. The molecule has 0 bridgehead atoms. The van der Waals surface area contributed by atoms with Gasteiger partial charge in [-0.1, -0.05) is 23.7 Å². The molecule has 3 heterocycles. The molecule has 0 aliphatic carbocycles. The first-order valence-corrected chi connectivity index (χ1v) is 8.46. The van der Waals surface area contributed by atoms with Crippen LogP contribution in [0, 0.1) is 0 Å². The summed E-state index contributed by atoms with van der Waals surface area (Å²) >= 11 is 5.97. The molecular formula is C18H15ClN6O2. The van der Waals surface area contributed by atoms with Crippen molar-refractivity contribution in [3.8, 4) is 22.6 Å². The first-order chi connectivity index (χ1) is 13.1. The van der Waals surface area contributed by atoms with Crippen molar-refractivity contribution in [3.63, 3.8) is 0 Å².